The van der Waals surface area contributed by atoms with E-state index in [1.807, 2.05) is 0 Å². The lowest BCUT2D eigenvalue weighted by atomic mass is 10.4. The second-order valence-corrected chi connectivity index (χ2v) is 2.36. The van der Waals surface area contributed by atoms with Crippen LogP contribution in [0.25, 0.3) is 0 Å². The summed E-state index contributed by atoms with van der Waals surface area (Å²) in [6.45, 7) is -1.17. The van der Waals surface area contributed by atoms with Gasteiger partial charge in [-0.15, -0.1) is 0 Å². The summed E-state index contributed by atoms with van der Waals surface area (Å²) in [6, 6.07) is 0. The van der Waals surface area contributed by atoms with Crippen LogP contribution in [-0.2, 0) is 4.74 Å². The summed E-state index contributed by atoms with van der Waals surface area (Å²) >= 11 is 0. The summed E-state index contributed by atoms with van der Waals surface area (Å²) in [4.78, 5) is 0. The highest BCUT2D eigenvalue weighted by Crippen LogP contribution is 2.11. The zero-order chi connectivity index (χ0) is 9.61. The number of aliphatic hydroxyl groups excluding tert-OH is 1. The van der Waals surface area contributed by atoms with Crippen molar-refractivity contribution in [3.8, 4) is 0 Å². The van der Waals surface area contributed by atoms with Crippen molar-refractivity contribution in [2.45, 2.75) is 12.3 Å². The van der Waals surface area contributed by atoms with Crippen LogP contribution in [0.5, 0.6) is 0 Å². The van der Waals surface area contributed by atoms with E-state index >= 15 is 0 Å². The van der Waals surface area contributed by atoms with E-state index in [1.165, 1.54) is 7.11 Å². The van der Waals surface area contributed by atoms with E-state index in [0.717, 1.165) is 0 Å². The smallest absolute Gasteiger partial charge is 0.389 e. The van der Waals surface area contributed by atoms with Gasteiger partial charge in [-0.25, -0.2) is 0 Å². The fourth-order valence-electron chi connectivity index (χ4n) is 0.632. The molecule has 0 bridgehead atoms. The summed E-state index contributed by atoms with van der Waals surface area (Å²) in [6.07, 6.45) is -5.12. The minimum atomic E-state index is -4.23. The third kappa shape index (κ3) is 7.77. The number of alkyl halides is 3. The number of ether oxygens (including phenoxy) is 1. The van der Waals surface area contributed by atoms with Gasteiger partial charge in [-0.05, 0) is 0 Å². The first kappa shape index (κ1) is 11.7. The van der Waals surface area contributed by atoms with Crippen molar-refractivity contribution in [2.75, 3.05) is 26.8 Å². The molecule has 0 aromatic carbocycles. The predicted octanol–water partition coefficient (Wildman–Crippen LogP) is 0.146. The van der Waals surface area contributed by atoms with Gasteiger partial charge < -0.3 is 15.2 Å². The van der Waals surface area contributed by atoms with Crippen molar-refractivity contribution >= 4 is 0 Å². The molecule has 0 aliphatic heterocycles. The summed E-state index contributed by atoms with van der Waals surface area (Å²) in [5.74, 6) is 0. The number of halogens is 3. The Morgan fingerprint density at radius 3 is 2.50 bits per heavy atom. The minimum absolute atomic E-state index is 0.0326. The molecular formula is C6H12F3NO2. The van der Waals surface area contributed by atoms with Crippen LogP contribution in [0, 0.1) is 0 Å². The lowest BCUT2D eigenvalue weighted by Crippen LogP contribution is -2.36. The lowest BCUT2D eigenvalue weighted by Gasteiger charge is -2.11. The molecule has 0 aromatic rings. The minimum Gasteiger partial charge on any atom is -0.389 e. The summed E-state index contributed by atoms with van der Waals surface area (Å²) in [5, 5.41) is 10.9. The van der Waals surface area contributed by atoms with Crippen molar-refractivity contribution in [1.82, 2.24) is 5.32 Å². The molecule has 2 N–H and O–H groups in total. The molecule has 0 saturated carbocycles. The molecule has 0 saturated heterocycles. The van der Waals surface area contributed by atoms with Gasteiger partial charge in [0.1, 0.15) is 0 Å². The summed E-state index contributed by atoms with van der Waals surface area (Å²) in [7, 11) is 1.37. The Bertz CT molecular complexity index is 118. The van der Waals surface area contributed by atoms with Gasteiger partial charge in [-0.3, -0.25) is 0 Å². The van der Waals surface area contributed by atoms with Crippen LogP contribution in [0.1, 0.15) is 0 Å². The van der Waals surface area contributed by atoms with E-state index in [1.54, 1.807) is 0 Å². The van der Waals surface area contributed by atoms with Crippen LogP contribution >= 0.6 is 0 Å². The average Bonchev–Trinajstić information content (AvgIpc) is 1.84. The van der Waals surface area contributed by atoms with Gasteiger partial charge in [0.05, 0.1) is 19.3 Å². The lowest BCUT2D eigenvalue weighted by molar-refractivity contribution is -0.125. The maximum atomic E-state index is 11.5. The Labute approximate surface area is 68.5 Å². The Hall–Kier alpha value is -0.330. The van der Waals surface area contributed by atoms with Gasteiger partial charge in [0.25, 0.3) is 0 Å². The van der Waals surface area contributed by atoms with Crippen LogP contribution in [0.15, 0.2) is 0 Å². The van der Waals surface area contributed by atoms with Crippen LogP contribution in [0.2, 0.25) is 0 Å². The van der Waals surface area contributed by atoms with Crippen molar-refractivity contribution in [1.29, 1.82) is 0 Å². The molecule has 1 unspecified atom stereocenters. The number of hydrogen-bond acceptors (Lipinski definition) is 3. The first-order valence-corrected chi connectivity index (χ1v) is 3.40. The number of nitrogens with one attached hydrogen (secondary N) is 1. The maximum Gasteiger partial charge on any atom is 0.401 e. The molecule has 12 heavy (non-hydrogen) atoms. The standard InChI is InChI=1S/C6H12F3NO2/c1-12-3-5(11)2-10-4-6(7,8)9/h5,10-11H,2-4H2,1H3. The molecule has 1 atom stereocenters. The van der Waals surface area contributed by atoms with Crippen molar-refractivity contribution in [3.05, 3.63) is 0 Å². The first-order valence-electron chi connectivity index (χ1n) is 3.40. The molecule has 0 aliphatic rings. The Morgan fingerprint density at radius 2 is 2.08 bits per heavy atom. The quantitative estimate of drug-likeness (QED) is 0.643. The van der Waals surface area contributed by atoms with Crippen molar-refractivity contribution in [2.24, 2.45) is 0 Å². The Balaban J connectivity index is 3.31. The highest BCUT2D eigenvalue weighted by Gasteiger charge is 2.26. The molecular weight excluding hydrogens is 175 g/mol. The Morgan fingerprint density at radius 1 is 1.50 bits per heavy atom. The molecule has 0 fully saturated rings. The maximum absolute atomic E-state index is 11.5. The van der Waals surface area contributed by atoms with Gasteiger partial charge in [-0.1, -0.05) is 0 Å². The normalized spacial score (nSPS) is 14.8. The van der Waals surface area contributed by atoms with Gasteiger partial charge >= 0.3 is 6.18 Å². The molecule has 0 aromatic heterocycles. The third-order valence-corrected chi connectivity index (χ3v) is 1.06. The second-order valence-electron chi connectivity index (χ2n) is 2.36. The van der Waals surface area contributed by atoms with Crippen LogP contribution in [0.4, 0.5) is 13.2 Å². The second kappa shape index (κ2) is 5.34. The number of methoxy groups -OCH3 is 1. The van der Waals surface area contributed by atoms with Crippen molar-refractivity contribution < 1.29 is 23.0 Å². The van der Waals surface area contributed by atoms with Crippen LogP contribution in [0.3, 0.4) is 0 Å². The van der Waals surface area contributed by atoms with Gasteiger partial charge in [-0.2, -0.15) is 13.2 Å². The van der Waals surface area contributed by atoms with Gasteiger partial charge in [0.2, 0.25) is 0 Å². The van der Waals surface area contributed by atoms with Gasteiger partial charge in [0, 0.05) is 13.7 Å². The molecule has 3 nitrogen and oxygen atoms in total. The Kier molecular flexibility index (Phi) is 5.19. The number of rotatable bonds is 5. The third-order valence-electron chi connectivity index (χ3n) is 1.06. The zero-order valence-electron chi connectivity index (χ0n) is 6.69. The van der Waals surface area contributed by atoms with E-state index in [2.05, 4.69) is 10.1 Å². The van der Waals surface area contributed by atoms with E-state index in [-0.39, 0.29) is 13.2 Å². The SMILES string of the molecule is COCC(O)CNCC(F)(F)F. The van der Waals surface area contributed by atoms with E-state index in [9.17, 15) is 13.2 Å². The topological polar surface area (TPSA) is 41.5 Å². The molecule has 74 valence electrons. The van der Waals surface area contributed by atoms with E-state index < -0.39 is 18.8 Å². The average molecular weight is 187 g/mol. The first-order chi connectivity index (χ1) is 5.45. The molecule has 0 radical (unpaired) electrons. The van der Waals surface area contributed by atoms with Crippen LogP contribution in [-0.4, -0.2) is 44.2 Å². The predicted molar refractivity (Wildman–Crippen MR) is 36.8 cm³/mol. The highest BCUT2D eigenvalue weighted by molar-refractivity contribution is 4.61. The van der Waals surface area contributed by atoms with Crippen molar-refractivity contribution in [3.63, 3.8) is 0 Å². The molecule has 0 heterocycles. The molecule has 6 heteroatoms. The number of hydrogen-bond donors (Lipinski definition) is 2. The number of aliphatic hydroxyl groups is 1. The molecule has 0 spiro atoms. The van der Waals surface area contributed by atoms with Gasteiger partial charge in [0.15, 0.2) is 0 Å². The van der Waals surface area contributed by atoms with E-state index in [4.69, 9.17) is 5.11 Å². The fraction of sp³-hybridized carbons (Fsp3) is 1.00. The summed E-state index contributed by atoms with van der Waals surface area (Å²) in [5.41, 5.74) is 0. The largest absolute Gasteiger partial charge is 0.401 e. The molecule has 0 amide bonds. The highest BCUT2D eigenvalue weighted by atomic mass is 19.4. The summed E-state index contributed by atoms with van der Waals surface area (Å²) < 4.78 is 39.1. The van der Waals surface area contributed by atoms with E-state index in [0.29, 0.717) is 0 Å². The fourth-order valence-corrected chi connectivity index (χ4v) is 0.632. The molecule has 0 aliphatic carbocycles. The molecule has 0 rings (SSSR count). The monoisotopic (exact) mass is 187 g/mol. The van der Waals surface area contributed by atoms with Crippen LogP contribution < -0.4 is 5.32 Å². The zero-order valence-corrected chi connectivity index (χ0v) is 6.69.